The Morgan fingerprint density at radius 3 is 2.26 bits per heavy atom. The molecule has 0 aliphatic carbocycles. The van der Waals surface area contributed by atoms with Crippen molar-refractivity contribution in [1.29, 1.82) is 5.26 Å². The van der Waals surface area contributed by atoms with Gasteiger partial charge in [-0.25, -0.2) is 4.39 Å². The van der Waals surface area contributed by atoms with Crippen LogP contribution >= 0.6 is 0 Å². The Morgan fingerprint density at radius 2 is 1.59 bits per heavy atom. The molecular formula is C25H21FN4O4. The molecule has 1 heterocycles. The minimum atomic E-state index is -0.844. The van der Waals surface area contributed by atoms with E-state index >= 15 is 0 Å². The standard InChI is InChI=1S/C25H21FN4O4/c1-15-3-6-20(11-16(15)2)30-25(33)24(32)28-14-22-10-9-21(34-22)12-17(13-27)23(31)29-19-7-4-18(26)5-8-19/h3-12H,14H2,1-2H3,(H,28,32)(H,29,31)(H,30,33)/b17-12-. The van der Waals surface area contributed by atoms with E-state index < -0.39 is 23.5 Å². The molecule has 1 aromatic heterocycles. The van der Waals surface area contributed by atoms with E-state index in [9.17, 15) is 24.0 Å². The van der Waals surface area contributed by atoms with Crippen LogP contribution in [0.4, 0.5) is 15.8 Å². The summed E-state index contributed by atoms with van der Waals surface area (Å²) >= 11 is 0. The molecule has 3 aromatic rings. The third kappa shape index (κ3) is 6.40. The van der Waals surface area contributed by atoms with Crippen LogP contribution in [-0.2, 0) is 20.9 Å². The number of furan rings is 1. The minimum absolute atomic E-state index is 0.0727. The van der Waals surface area contributed by atoms with Crippen LogP contribution in [0.3, 0.4) is 0 Å². The van der Waals surface area contributed by atoms with Gasteiger partial charge in [-0.3, -0.25) is 14.4 Å². The lowest BCUT2D eigenvalue weighted by Gasteiger charge is -2.07. The van der Waals surface area contributed by atoms with Gasteiger partial charge in [-0.1, -0.05) is 6.07 Å². The van der Waals surface area contributed by atoms with Gasteiger partial charge in [-0.15, -0.1) is 0 Å². The Bertz CT molecular complexity index is 1300. The number of benzene rings is 2. The van der Waals surface area contributed by atoms with Gasteiger partial charge >= 0.3 is 11.8 Å². The predicted octanol–water partition coefficient (Wildman–Crippen LogP) is 3.84. The second-order valence-electron chi connectivity index (χ2n) is 7.37. The molecule has 0 aliphatic heterocycles. The number of nitriles is 1. The van der Waals surface area contributed by atoms with E-state index in [4.69, 9.17) is 4.42 Å². The van der Waals surface area contributed by atoms with E-state index in [-0.39, 0.29) is 17.9 Å². The quantitative estimate of drug-likeness (QED) is 0.293. The van der Waals surface area contributed by atoms with Gasteiger partial charge in [0.2, 0.25) is 0 Å². The summed E-state index contributed by atoms with van der Waals surface area (Å²) in [5, 5.41) is 16.8. The Morgan fingerprint density at radius 1 is 0.912 bits per heavy atom. The van der Waals surface area contributed by atoms with Crippen molar-refractivity contribution in [3.63, 3.8) is 0 Å². The second kappa shape index (κ2) is 10.7. The van der Waals surface area contributed by atoms with Crippen molar-refractivity contribution in [1.82, 2.24) is 5.32 Å². The Kier molecular flexibility index (Phi) is 7.56. The van der Waals surface area contributed by atoms with E-state index in [1.165, 1.54) is 36.4 Å². The van der Waals surface area contributed by atoms with E-state index in [0.29, 0.717) is 17.1 Å². The Labute approximate surface area is 195 Å². The number of hydrogen-bond acceptors (Lipinski definition) is 5. The minimum Gasteiger partial charge on any atom is -0.460 e. The highest BCUT2D eigenvalue weighted by molar-refractivity contribution is 6.39. The van der Waals surface area contributed by atoms with E-state index in [1.807, 2.05) is 19.9 Å². The molecule has 0 spiro atoms. The molecule has 8 nitrogen and oxygen atoms in total. The van der Waals surface area contributed by atoms with Crippen molar-refractivity contribution >= 4 is 35.2 Å². The van der Waals surface area contributed by atoms with Gasteiger partial charge in [0, 0.05) is 17.5 Å². The summed E-state index contributed by atoms with van der Waals surface area (Å²) in [6.45, 7) is 3.77. The van der Waals surface area contributed by atoms with Crippen LogP contribution in [0.15, 0.2) is 64.6 Å². The van der Waals surface area contributed by atoms with Gasteiger partial charge in [0.1, 0.15) is 29.0 Å². The molecule has 3 N–H and O–H groups in total. The zero-order valence-electron chi connectivity index (χ0n) is 18.4. The van der Waals surface area contributed by atoms with Gasteiger partial charge < -0.3 is 20.4 Å². The lowest BCUT2D eigenvalue weighted by atomic mass is 10.1. The van der Waals surface area contributed by atoms with Crippen LogP contribution < -0.4 is 16.0 Å². The number of amides is 3. The summed E-state index contributed by atoms with van der Waals surface area (Å²) in [4.78, 5) is 36.5. The van der Waals surface area contributed by atoms with E-state index in [0.717, 1.165) is 11.1 Å². The molecule has 0 bridgehead atoms. The number of nitrogens with zero attached hydrogens (tertiary/aromatic N) is 1. The van der Waals surface area contributed by atoms with Crippen molar-refractivity contribution in [3.8, 4) is 6.07 Å². The largest absolute Gasteiger partial charge is 0.460 e. The molecular weight excluding hydrogens is 439 g/mol. The van der Waals surface area contributed by atoms with Gasteiger partial charge in [-0.2, -0.15) is 5.26 Å². The lowest BCUT2D eigenvalue weighted by Crippen LogP contribution is -2.34. The molecule has 0 fully saturated rings. The summed E-state index contributed by atoms with van der Waals surface area (Å²) < 4.78 is 18.5. The molecule has 0 saturated heterocycles. The predicted molar refractivity (Wildman–Crippen MR) is 124 cm³/mol. The van der Waals surface area contributed by atoms with Crippen molar-refractivity contribution in [3.05, 3.63) is 88.6 Å². The molecule has 0 saturated carbocycles. The summed E-state index contributed by atoms with van der Waals surface area (Å²) in [5.41, 5.74) is 2.66. The average molecular weight is 460 g/mol. The van der Waals surface area contributed by atoms with E-state index in [1.54, 1.807) is 24.3 Å². The molecule has 0 aliphatic rings. The first-order valence-corrected chi connectivity index (χ1v) is 10.2. The fourth-order valence-corrected chi connectivity index (χ4v) is 2.84. The fraction of sp³-hybridized carbons (Fsp3) is 0.120. The first-order chi connectivity index (χ1) is 16.2. The number of aryl methyl sites for hydroxylation is 2. The van der Waals surface area contributed by atoms with Crippen LogP contribution in [0, 0.1) is 31.0 Å². The number of carbonyl (C=O) groups excluding carboxylic acids is 3. The van der Waals surface area contributed by atoms with Crippen LogP contribution in [0.2, 0.25) is 0 Å². The molecule has 34 heavy (non-hydrogen) atoms. The molecule has 9 heteroatoms. The zero-order valence-corrected chi connectivity index (χ0v) is 18.4. The maximum absolute atomic E-state index is 13.0. The Hall–Kier alpha value is -4.71. The first kappa shape index (κ1) is 23.9. The van der Waals surface area contributed by atoms with Crippen LogP contribution in [0.25, 0.3) is 6.08 Å². The third-order valence-electron chi connectivity index (χ3n) is 4.83. The van der Waals surface area contributed by atoms with Crippen LogP contribution in [0.1, 0.15) is 22.6 Å². The first-order valence-electron chi connectivity index (χ1n) is 10.2. The number of nitrogens with one attached hydrogen (secondary N) is 3. The maximum atomic E-state index is 13.0. The molecule has 0 atom stereocenters. The SMILES string of the molecule is Cc1ccc(NC(=O)C(=O)NCc2ccc(/C=C(/C#N)C(=O)Nc3ccc(F)cc3)o2)cc1C. The molecule has 172 valence electrons. The topological polar surface area (TPSA) is 124 Å². The summed E-state index contributed by atoms with van der Waals surface area (Å²) in [5.74, 6) is -2.29. The Balaban J connectivity index is 1.56. The molecule has 0 unspecified atom stereocenters. The monoisotopic (exact) mass is 460 g/mol. The van der Waals surface area contributed by atoms with Crippen molar-refractivity contribution in [2.24, 2.45) is 0 Å². The van der Waals surface area contributed by atoms with Gasteiger partial charge in [-0.05, 0) is 73.5 Å². The third-order valence-corrected chi connectivity index (χ3v) is 4.83. The summed E-state index contributed by atoms with van der Waals surface area (Å²) in [7, 11) is 0. The van der Waals surface area contributed by atoms with Crippen molar-refractivity contribution in [2.45, 2.75) is 20.4 Å². The highest BCUT2D eigenvalue weighted by Crippen LogP contribution is 2.16. The second-order valence-corrected chi connectivity index (χ2v) is 7.37. The number of anilines is 2. The van der Waals surface area contributed by atoms with Crippen LogP contribution in [-0.4, -0.2) is 17.7 Å². The van der Waals surface area contributed by atoms with Crippen LogP contribution in [0.5, 0.6) is 0 Å². The summed E-state index contributed by atoms with van der Waals surface area (Å²) in [6, 6.07) is 15.2. The normalized spacial score (nSPS) is 10.8. The molecule has 2 aromatic carbocycles. The van der Waals surface area contributed by atoms with Gasteiger partial charge in [0.25, 0.3) is 5.91 Å². The lowest BCUT2D eigenvalue weighted by molar-refractivity contribution is -0.136. The highest BCUT2D eigenvalue weighted by Gasteiger charge is 2.15. The molecule has 3 rings (SSSR count). The highest BCUT2D eigenvalue weighted by atomic mass is 19.1. The van der Waals surface area contributed by atoms with Crippen molar-refractivity contribution < 1.29 is 23.2 Å². The van der Waals surface area contributed by atoms with Gasteiger partial charge in [0.15, 0.2) is 0 Å². The average Bonchev–Trinajstić information content (AvgIpc) is 3.27. The van der Waals surface area contributed by atoms with Crippen molar-refractivity contribution in [2.75, 3.05) is 10.6 Å². The summed E-state index contributed by atoms with van der Waals surface area (Å²) in [6.07, 6.45) is 1.23. The fourth-order valence-electron chi connectivity index (χ4n) is 2.84. The number of carbonyl (C=O) groups is 3. The molecule has 0 radical (unpaired) electrons. The van der Waals surface area contributed by atoms with Gasteiger partial charge in [0.05, 0.1) is 6.54 Å². The molecule has 3 amide bonds. The zero-order chi connectivity index (χ0) is 24.7. The smallest absolute Gasteiger partial charge is 0.313 e. The number of hydrogen-bond donors (Lipinski definition) is 3. The van der Waals surface area contributed by atoms with E-state index in [2.05, 4.69) is 16.0 Å². The number of halogens is 1. The number of rotatable bonds is 6. The maximum Gasteiger partial charge on any atom is 0.313 e.